The number of benzene rings is 1. The molecule has 4 rings (SSSR count). The lowest BCUT2D eigenvalue weighted by Crippen LogP contribution is -2.52. The zero-order valence-electron chi connectivity index (χ0n) is 20.3. The van der Waals surface area contributed by atoms with E-state index in [2.05, 4.69) is 22.3 Å². The van der Waals surface area contributed by atoms with Crippen LogP contribution in [0, 0.1) is 5.41 Å². The van der Waals surface area contributed by atoms with Gasteiger partial charge in [0, 0.05) is 13.1 Å². The number of nitrogens with one attached hydrogen (secondary N) is 1. The number of aryl methyl sites for hydroxylation is 1. The van der Waals surface area contributed by atoms with E-state index in [1.54, 1.807) is 0 Å². The first kappa shape index (κ1) is 24.1. The van der Waals surface area contributed by atoms with Gasteiger partial charge >= 0.3 is 0 Å². The lowest BCUT2D eigenvalue weighted by Gasteiger charge is -2.41. The van der Waals surface area contributed by atoms with Crippen LogP contribution in [-0.4, -0.2) is 67.5 Å². The maximum absolute atomic E-state index is 13.2. The molecule has 2 fully saturated rings. The van der Waals surface area contributed by atoms with Crippen LogP contribution in [0.25, 0.3) is 0 Å². The van der Waals surface area contributed by atoms with Crippen molar-refractivity contribution in [2.75, 3.05) is 39.8 Å². The van der Waals surface area contributed by atoms with Gasteiger partial charge in [0.2, 0.25) is 11.8 Å². The third-order valence-electron chi connectivity index (χ3n) is 8.14. The molecule has 0 atom stereocenters. The predicted octanol–water partition coefficient (Wildman–Crippen LogP) is 3.78. The van der Waals surface area contributed by atoms with Gasteiger partial charge in [-0.3, -0.25) is 14.5 Å². The van der Waals surface area contributed by atoms with Crippen molar-refractivity contribution in [3.05, 3.63) is 29.8 Å². The molecule has 6 heteroatoms. The summed E-state index contributed by atoms with van der Waals surface area (Å²) in [6, 6.07) is 8.65. The van der Waals surface area contributed by atoms with Crippen LogP contribution in [0.3, 0.4) is 0 Å². The van der Waals surface area contributed by atoms with E-state index < -0.39 is 0 Å². The molecule has 6 nitrogen and oxygen atoms in total. The SMILES string of the molecule is CN(C(=O)CN1CCC2(CCCCc3ccccc3OCCNC2=O)CC1)C1CCCCC1. The third-order valence-corrected chi connectivity index (χ3v) is 8.14. The Labute approximate surface area is 199 Å². The summed E-state index contributed by atoms with van der Waals surface area (Å²) in [5.74, 6) is 1.35. The van der Waals surface area contributed by atoms with Crippen LogP contribution in [0.2, 0.25) is 0 Å². The lowest BCUT2D eigenvalue weighted by atomic mass is 9.73. The summed E-state index contributed by atoms with van der Waals surface area (Å²) >= 11 is 0. The van der Waals surface area contributed by atoms with E-state index in [9.17, 15) is 9.59 Å². The topological polar surface area (TPSA) is 61.9 Å². The molecule has 0 bridgehead atoms. The molecule has 33 heavy (non-hydrogen) atoms. The summed E-state index contributed by atoms with van der Waals surface area (Å²) in [6.45, 7) is 3.14. The predicted molar refractivity (Wildman–Crippen MR) is 130 cm³/mol. The third kappa shape index (κ3) is 6.08. The minimum absolute atomic E-state index is 0.172. The summed E-state index contributed by atoms with van der Waals surface area (Å²) in [4.78, 5) is 30.4. The van der Waals surface area contributed by atoms with Crippen LogP contribution >= 0.6 is 0 Å². The van der Waals surface area contributed by atoms with Crippen LogP contribution in [0.1, 0.15) is 69.8 Å². The summed E-state index contributed by atoms with van der Waals surface area (Å²) in [5.41, 5.74) is 0.946. The van der Waals surface area contributed by atoms with E-state index in [-0.39, 0.29) is 17.2 Å². The average molecular weight is 456 g/mol. The molecule has 182 valence electrons. The number of amides is 2. The Bertz CT molecular complexity index is 798. The molecule has 0 unspecified atom stereocenters. The standard InChI is InChI=1S/C27H41N3O3/c1-29(23-11-3-2-4-12-23)25(31)21-30-18-15-27(16-19-30)14-8-7-10-22-9-5-6-13-24(22)33-20-17-28-26(27)32/h5-6,9,13,23H,2-4,7-8,10-12,14-21H2,1H3,(H,28,32). The molecule has 2 aliphatic heterocycles. The first-order valence-corrected chi connectivity index (χ1v) is 13.0. The van der Waals surface area contributed by atoms with Gasteiger partial charge in [0.05, 0.1) is 18.5 Å². The normalized spacial score (nSPS) is 22.9. The van der Waals surface area contributed by atoms with Gasteiger partial charge in [-0.2, -0.15) is 0 Å². The number of carbonyl (C=O) groups is 2. The highest BCUT2D eigenvalue weighted by Crippen LogP contribution is 2.37. The molecule has 1 aromatic carbocycles. The van der Waals surface area contributed by atoms with E-state index in [4.69, 9.17) is 4.74 Å². The number of carbonyl (C=O) groups excluding carboxylic acids is 2. The summed E-state index contributed by atoms with van der Waals surface area (Å²) in [7, 11) is 1.98. The Morgan fingerprint density at radius 1 is 1.09 bits per heavy atom. The molecule has 1 N–H and O–H groups in total. The molecule has 0 aromatic heterocycles. The second-order valence-electron chi connectivity index (χ2n) is 10.3. The monoisotopic (exact) mass is 455 g/mol. The number of nitrogens with zero attached hydrogens (tertiary/aromatic N) is 2. The average Bonchev–Trinajstić information content (AvgIpc) is 2.85. The molecular formula is C27H41N3O3. The van der Waals surface area contributed by atoms with Gasteiger partial charge in [0.15, 0.2) is 0 Å². The number of likely N-dealkylation sites (tertiary alicyclic amines) is 1. The van der Waals surface area contributed by atoms with Crippen molar-refractivity contribution in [2.24, 2.45) is 5.41 Å². The minimum atomic E-state index is -0.312. The fraction of sp³-hybridized carbons (Fsp3) is 0.704. The maximum atomic E-state index is 13.2. The molecule has 1 saturated heterocycles. The van der Waals surface area contributed by atoms with E-state index in [1.807, 2.05) is 24.1 Å². The van der Waals surface area contributed by atoms with Crippen LogP contribution in [0.5, 0.6) is 5.75 Å². The number of piperidine rings is 1. The van der Waals surface area contributed by atoms with Crippen molar-refractivity contribution in [1.82, 2.24) is 15.1 Å². The molecule has 2 amide bonds. The molecule has 3 aliphatic rings. The van der Waals surface area contributed by atoms with Crippen molar-refractivity contribution < 1.29 is 14.3 Å². The minimum Gasteiger partial charge on any atom is -0.491 e. The van der Waals surface area contributed by atoms with Crippen molar-refractivity contribution in [3.63, 3.8) is 0 Å². The highest BCUT2D eigenvalue weighted by Gasteiger charge is 2.41. The summed E-state index contributed by atoms with van der Waals surface area (Å²) in [5, 5.41) is 3.15. The van der Waals surface area contributed by atoms with Crippen molar-refractivity contribution in [3.8, 4) is 5.75 Å². The fourth-order valence-electron chi connectivity index (χ4n) is 5.85. The molecule has 0 radical (unpaired) electrons. The molecule has 1 aromatic rings. The van der Waals surface area contributed by atoms with Gasteiger partial charge in [-0.05, 0) is 69.7 Å². The van der Waals surface area contributed by atoms with E-state index >= 15 is 0 Å². The van der Waals surface area contributed by atoms with E-state index in [1.165, 1.54) is 24.8 Å². The van der Waals surface area contributed by atoms with Gasteiger partial charge < -0.3 is 15.0 Å². The van der Waals surface area contributed by atoms with Gasteiger partial charge in [-0.25, -0.2) is 0 Å². The lowest BCUT2D eigenvalue weighted by molar-refractivity contribution is -0.137. The number of rotatable bonds is 3. The van der Waals surface area contributed by atoms with Crippen LogP contribution in [-0.2, 0) is 16.0 Å². The van der Waals surface area contributed by atoms with E-state index in [0.717, 1.165) is 70.2 Å². The fourth-order valence-corrected chi connectivity index (χ4v) is 5.85. The summed E-state index contributed by atoms with van der Waals surface area (Å²) < 4.78 is 5.95. The number of para-hydroxylation sites is 1. The Hall–Kier alpha value is -2.08. The maximum Gasteiger partial charge on any atom is 0.236 e. The van der Waals surface area contributed by atoms with Gasteiger partial charge in [-0.1, -0.05) is 43.9 Å². The zero-order chi connectivity index (χ0) is 23.1. The first-order valence-electron chi connectivity index (χ1n) is 13.0. The summed E-state index contributed by atoms with van der Waals surface area (Å²) in [6.07, 6.45) is 11.7. The largest absolute Gasteiger partial charge is 0.491 e. The smallest absolute Gasteiger partial charge is 0.236 e. The first-order chi connectivity index (χ1) is 16.1. The van der Waals surface area contributed by atoms with Gasteiger partial charge in [0.1, 0.15) is 12.4 Å². The second kappa shape index (κ2) is 11.4. The molecular weight excluding hydrogens is 414 g/mol. The van der Waals surface area contributed by atoms with Crippen LogP contribution in [0.15, 0.2) is 24.3 Å². The molecule has 1 aliphatic carbocycles. The van der Waals surface area contributed by atoms with Crippen molar-refractivity contribution in [1.29, 1.82) is 0 Å². The quantitative estimate of drug-likeness (QED) is 0.754. The van der Waals surface area contributed by atoms with Gasteiger partial charge in [0.25, 0.3) is 0 Å². The Balaban J connectivity index is 1.31. The van der Waals surface area contributed by atoms with Crippen molar-refractivity contribution in [2.45, 2.75) is 76.7 Å². The number of hydrogen-bond donors (Lipinski definition) is 1. The van der Waals surface area contributed by atoms with Crippen LogP contribution in [0.4, 0.5) is 0 Å². The van der Waals surface area contributed by atoms with Gasteiger partial charge in [-0.15, -0.1) is 0 Å². The zero-order valence-corrected chi connectivity index (χ0v) is 20.3. The molecule has 2 heterocycles. The molecule has 1 saturated carbocycles. The number of hydrogen-bond acceptors (Lipinski definition) is 4. The second-order valence-corrected chi connectivity index (χ2v) is 10.3. The number of ether oxygens (including phenoxy) is 1. The number of likely N-dealkylation sites (N-methyl/N-ethyl adjacent to an activating group) is 1. The van der Waals surface area contributed by atoms with Crippen molar-refractivity contribution >= 4 is 11.8 Å². The Morgan fingerprint density at radius 3 is 2.64 bits per heavy atom. The Morgan fingerprint density at radius 2 is 1.85 bits per heavy atom. The Kier molecular flexibility index (Phi) is 8.29. The number of fused-ring (bicyclic) bond motifs is 1. The van der Waals surface area contributed by atoms with E-state index in [0.29, 0.717) is 25.7 Å². The van der Waals surface area contributed by atoms with Crippen LogP contribution < -0.4 is 10.1 Å². The highest BCUT2D eigenvalue weighted by molar-refractivity contribution is 5.83. The highest BCUT2D eigenvalue weighted by atomic mass is 16.5. The molecule has 1 spiro atoms.